The van der Waals surface area contributed by atoms with Crippen molar-refractivity contribution < 1.29 is 30.0 Å². The number of aliphatic hydroxyl groups excluding tert-OH is 4. The number of hydrogen-bond acceptors (Lipinski definition) is 6. The molecule has 0 bridgehead atoms. The topological polar surface area (TPSA) is 127 Å². The van der Waals surface area contributed by atoms with Crippen molar-refractivity contribution in [3.63, 3.8) is 0 Å². The lowest BCUT2D eigenvalue weighted by Gasteiger charge is -2.28. The summed E-state index contributed by atoms with van der Waals surface area (Å²) in [6.45, 7) is 4.09. The molecule has 0 aromatic carbocycles. The van der Waals surface area contributed by atoms with E-state index in [9.17, 15) is 19.8 Å². The summed E-state index contributed by atoms with van der Waals surface area (Å²) in [6, 6.07) is -1.35. The Bertz CT molecular complexity index is 288. The second-order valence-electron chi connectivity index (χ2n) is 5.12. The van der Waals surface area contributed by atoms with Crippen LogP contribution in [0.15, 0.2) is 0 Å². The molecule has 0 saturated carbocycles. The standard InChI is InChI=1S/C11H21NO6/c1-11(2,3)10(18)12-6(4-13)8(16)9(17)7(15)5-14/h4,6-9,14-17H,5H2,1-3H3,(H,12,18)/t6-,7+,8+,9+/m0/s1. The molecule has 1 amide bonds. The largest absolute Gasteiger partial charge is 0.394 e. The van der Waals surface area contributed by atoms with E-state index in [1.807, 2.05) is 0 Å². The third-order valence-electron chi connectivity index (χ3n) is 2.42. The van der Waals surface area contributed by atoms with Gasteiger partial charge in [-0.25, -0.2) is 0 Å². The molecule has 0 aromatic heterocycles. The van der Waals surface area contributed by atoms with E-state index in [0.717, 1.165) is 0 Å². The van der Waals surface area contributed by atoms with Gasteiger partial charge in [0.05, 0.1) is 6.61 Å². The molecule has 0 aliphatic rings. The lowest BCUT2D eigenvalue weighted by molar-refractivity contribution is -0.136. The smallest absolute Gasteiger partial charge is 0.226 e. The van der Waals surface area contributed by atoms with Gasteiger partial charge in [0.15, 0.2) is 0 Å². The Hall–Kier alpha value is -1.02. The number of aldehydes is 1. The summed E-state index contributed by atoms with van der Waals surface area (Å²) >= 11 is 0. The molecule has 4 atom stereocenters. The summed E-state index contributed by atoms with van der Waals surface area (Å²) in [5, 5.41) is 39.1. The molecule has 7 heteroatoms. The lowest BCUT2D eigenvalue weighted by atomic mass is 9.94. The van der Waals surface area contributed by atoms with Gasteiger partial charge in [0.25, 0.3) is 0 Å². The van der Waals surface area contributed by atoms with Crippen molar-refractivity contribution in [3.05, 3.63) is 0 Å². The summed E-state index contributed by atoms with van der Waals surface area (Å²) in [6.07, 6.45) is -4.75. The van der Waals surface area contributed by atoms with E-state index in [1.54, 1.807) is 20.8 Å². The normalized spacial score (nSPS) is 18.6. The number of amides is 1. The van der Waals surface area contributed by atoms with Crippen LogP contribution in [0.1, 0.15) is 20.8 Å². The van der Waals surface area contributed by atoms with Crippen LogP contribution in [-0.2, 0) is 9.59 Å². The third kappa shape index (κ3) is 4.69. The zero-order valence-electron chi connectivity index (χ0n) is 10.7. The van der Waals surface area contributed by atoms with Crippen LogP contribution in [0.25, 0.3) is 0 Å². The summed E-state index contributed by atoms with van der Waals surface area (Å²) in [4.78, 5) is 22.4. The molecule has 5 N–H and O–H groups in total. The first kappa shape index (κ1) is 17.0. The van der Waals surface area contributed by atoms with E-state index in [-0.39, 0.29) is 6.29 Å². The molecule has 0 spiro atoms. The van der Waals surface area contributed by atoms with Crippen molar-refractivity contribution in [3.8, 4) is 0 Å². The van der Waals surface area contributed by atoms with Crippen LogP contribution >= 0.6 is 0 Å². The van der Waals surface area contributed by atoms with Gasteiger partial charge in [-0.1, -0.05) is 20.8 Å². The van der Waals surface area contributed by atoms with Crippen LogP contribution in [0.2, 0.25) is 0 Å². The van der Waals surface area contributed by atoms with Crippen LogP contribution in [0, 0.1) is 5.41 Å². The maximum absolute atomic E-state index is 11.6. The minimum absolute atomic E-state index is 0.265. The molecule has 7 nitrogen and oxygen atoms in total. The van der Waals surface area contributed by atoms with Gasteiger partial charge in [-0.15, -0.1) is 0 Å². The maximum atomic E-state index is 11.6. The van der Waals surface area contributed by atoms with E-state index in [1.165, 1.54) is 0 Å². The summed E-state index contributed by atoms with van der Waals surface area (Å²) < 4.78 is 0. The Morgan fingerprint density at radius 2 is 1.72 bits per heavy atom. The minimum Gasteiger partial charge on any atom is -0.394 e. The molecule has 0 saturated heterocycles. The van der Waals surface area contributed by atoms with E-state index in [0.29, 0.717) is 0 Å². The molecule has 0 unspecified atom stereocenters. The van der Waals surface area contributed by atoms with Crippen molar-refractivity contribution in [2.24, 2.45) is 5.41 Å². The summed E-state index contributed by atoms with van der Waals surface area (Å²) in [7, 11) is 0. The van der Waals surface area contributed by atoms with Gasteiger partial charge in [-0.3, -0.25) is 4.79 Å². The summed E-state index contributed by atoms with van der Waals surface area (Å²) in [5.74, 6) is -0.482. The van der Waals surface area contributed by atoms with E-state index >= 15 is 0 Å². The van der Waals surface area contributed by atoms with Gasteiger partial charge < -0.3 is 30.5 Å². The molecule has 0 fully saturated rings. The van der Waals surface area contributed by atoms with Crippen LogP contribution in [0.3, 0.4) is 0 Å². The van der Waals surface area contributed by atoms with Crippen LogP contribution in [0.5, 0.6) is 0 Å². The Morgan fingerprint density at radius 1 is 1.22 bits per heavy atom. The Kier molecular flexibility index (Phi) is 6.41. The fourth-order valence-electron chi connectivity index (χ4n) is 1.12. The Morgan fingerprint density at radius 3 is 2.06 bits per heavy atom. The number of carbonyl (C=O) groups excluding carboxylic acids is 2. The zero-order valence-corrected chi connectivity index (χ0v) is 10.7. The number of nitrogens with one attached hydrogen (secondary N) is 1. The third-order valence-corrected chi connectivity index (χ3v) is 2.42. The highest BCUT2D eigenvalue weighted by Crippen LogP contribution is 2.14. The predicted octanol–water partition coefficient (Wildman–Crippen LogP) is -2.21. The summed E-state index contributed by atoms with van der Waals surface area (Å²) in [5.41, 5.74) is -0.762. The molecule has 106 valence electrons. The van der Waals surface area contributed by atoms with Gasteiger partial charge in [0.1, 0.15) is 30.6 Å². The molecule has 0 aromatic rings. The maximum Gasteiger partial charge on any atom is 0.226 e. The second-order valence-corrected chi connectivity index (χ2v) is 5.12. The molecule has 0 rings (SSSR count). The molecule has 0 aliphatic heterocycles. The number of hydrogen-bond donors (Lipinski definition) is 5. The molecular weight excluding hydrogens is 242 g/mol. The van der Waals surface area contributed by atoms with Crippen LogP contribution in [0.4, 0.5) is 0 Å². The monoisotopic (exact) mass is 263 g/mol. The fourth-order valence-corrected chi connectivity index (χ4v) is 1.12. The van der Waals surface area contributed by atoms with E-state index in [2.05, 4.69) is 5.32 Å². The van der Waals surface area contributed by atoms with Gasteiger partial charge >= 0.3 is 0 Å². The van der Waals surface area contributed by atoms with Crippen LogP contribution in [-0.4, -0.2) is 63.6 Å². The highest BCUT2D eigenvalue weighted by atomic mass is 16.4. The predicted molar refractivity (Wildman–Crippen MR) is 62.6 cm³/mol. The second kappa shape index (κ2) is 6.79. The Balaban J connectivity index is 4.69. The first-order valence-electron chi connectivity index (χ1n) is 5.56. The van der Waals surface area contributed by atoms with Crippen molar-refractivity contribution in [1.82, 2.24) is 5.32 Å². The SMILES string of the molecule is CC(C)(C)C(=O)N[C@@H](C=O)[C@@H](O)[C@H](O)[C@H](O)CO. The number of carbonyl (C=O) groups is 2. The van der Waals surface area contributed by atoms with Crippen molar-refractivity contribution >= 4 is 12.2 Å². The quantitative estimate of drug-likeness (QED) is 0.346. The minimum atomic E-state index is -1.73. The van der Waals surface area contributed by atoms with E-state index in [4.69, 9.17) is 10.2 Å². The molecule has 18 heavy (non-hydrogen) atoms. The van der Waals surface area contributed by atoms with Crippen molar-refractivity contribution in [2.75, 3.05) is 6.61 Å². The Labute approximate surface area is 105 Å². The van der Waals surface area contributed by atoms with E-state index < -0.39 is 42.3 Å². The molecular formula is C11H21NO6. The van der Waals surface area contributed by atoms with Gasteiger partial charge in [-0.05, 0) is 0 Å². The first-order valence-corrected chi connectivity index (χ1v) is 5.56. The number of rotatable bonds is 6. The van der Waals surface area contributed by atoms with Gasteiger partial charge in [0, 0.05) is 5.41 Å². The van der Waals surface area contributed by atoms with Crippen LogP contribution < -0.4 is 5.32 Å². The first-order chi connectivity index (χ1) is 8.15. The molecule has 0 radical (unpaired) electrons. The lowest BCUT2D eigenvalue weighted by Crippen LogP contribution is -2.55. The van der Waals surface area contributed by atoms with Crippen molar-refractivity contribution in [2.45, 2.75) is 45.1 Å². The number of aliphatic hydroxyl groups is 4. The fraction of sp³-hybridized carbons (Fsp3) is 0.818. The molecule has 0 aliphatic carbocycles. The average molecular weight is 263 g/mol. The zero-order chi connectivity index (χ0) is 14.5. The highest BCUT2D eigenvalue weighted by Gasteiger charge is 2.33. The van der Waals surface area contributed by atoms with Gasteiger partial charge in [-0.2, -0.15) is 0 Å². The molecule has 0 heterocycles. The highest BCUT2D eigenvalue weighted by molar-refractivity contribution is 5.84. The van der Waals surface area contributed by atoms with Crippen molar-refractivity contribution in [1.29, 1.82) is 0 Å². The van der Waals surface area contributed by atoms with Gasteiger partial charge in [0.2, 0.25) is 5.91 Å². The average Bonchev–Trinajstić information content (AvgIpc) is 2.31.